The fraction of sp³-hybridized carbons (Fsp3) is 0.571. The van der Waals surface area contributed by atoms with Gasteiger partial charge in [-0.3, -0.25) is 0 Å². The standard InChI is InChI=1S/C14H20ClNO2/c1-10(18)11-5-6-14(13(15)9-11)16(7-8-17)12-3-2-4-12/h5-6,9-10,12,17-18H,2-4,7-8H2,1H3/t10-/m0/s1. The molecule has 2 N–H and O–H groups in total. The molecule has 1 saturated carbocycles. The van der Waals surface area contributed by atoms with Gasteiger partial charge >= 0.3 is 0 Å². The van der Waals surface area contributed by atoms with Crippen LogP contribution in [0.15, 0.2) is 18.2 Å². The van der Waals surface area contributed by atoms with Crippen molar-refractivity contribution in [3.63, 3.8) is 0 Å². The fourth-order valence-corrected chi connectivity index (χ4v) is 2.62. The number of rotatable bonds is 5. The fourth-order valence-electron chi connectivity index (χ4n) is 2.32. The van der Waals surface area contributed by atoms with E-state index in [9.17, 15) is 10.2 Å². The summed E-state index contributed by atoms with van der Waals surface area (Å²) >= 11 is 6.29. The second-order valence-corrected chi connectivity index (χ2v) is 5.30. The Labute approximate surface area is 113 Å². The first-order valence-electron chi connectivity index (χ1n) is 6.48. The van der Waals surface area contributed by atoms with Gasteiger partial charge in [0.15, 0.2) is 0 Å². The van der Waals surface area contributed by atoms with Crippen molar-refractivity contribution >= 4 is 17.3 Å². The maximum Gasteiger partial charge on any atom is 0.0762 e. The number of anilines is 1. The topological polar surface area (TPSA) is 43.7 Å². The number of benzene rings is 1. The maximum absolute atomic E-state index is 9.54. The van der Waals surface area contributed by atoms with E-state index in [-0.39, 0.29) is 6.61 Å². The lowest BCUT2D eigenvalue weighted by atomic mass is 9.91. The molecule has 1 aliphatic rings. The average Bonchev–Trinajstić information content (AvgIpc) is 2.26. The third kappa shape index (κ3) is 2.79. The molecule has 0 radical (unpaired) electrons. The van der Waals surface area contributed by atoms with Crippen molar-refractivity contribution in [3.8, 4) is 0 Å². The lowest BCUT2D eigenvalue weighted by Gasteiger charge is -2.39. The Morgan fingerprint density at radius 2 is 2.17 bits per heavy atom. The summed E-state index contributed by atoms with van der Waals surface area (Å²) in [5.41, 5.74) is 1.78. The summed E-state index contributed by atoms with van der Waals surface area (Å²) < 4.78 is 0. The van der Waals surface area contributed by atoms with Gasteiger partial charge in [-0.05, 0) is 43.9 Å². The molecular formula is C14H20ClNO2. The zero-order valence-corrected chi connectivity index (χ0v) is 11.4. The molecule has 0 amide bonds. The predicted molar refractivity (Wildman–Crippen MR) is 74.2 cm³/mol. The minimum absolute atomic E-state index is 0.130. The van der Waals surface area contributed by atoms with Crippen molar-refractivity contribution in [2.24, 2.45) is 0 Å². The number of hydrogen-bond donors (Lipinski definition) is 2. The third-order valence-electron chi connectivity index (χ3n) is 3.62. The van der Waals surface area contributed by atoms with Gasteiger partial charge in [-0.2, -0.15) is 0 Å². The molecule has 0 saturated heterocycles. The molecule has 4 heteroatoms. The van der Waals surface area contributed by atoms with Gasteiger partial charge in [0.25, 0.3) is 0 Å². The van der Waals surface area contributed by atoms with Crippen LogP contribution in [0.3, 0.4) is 0 Å². The first kappa shape index (κ1) is 13.7. The Hall–Kier alpha value is -0.770. The van der Waals surface area contributed by atoms with Crippen molar-refractivity contribution in [1.29, 1.82) is 0 Å². The summed E-state index contributed by atoms with van der Waals surface area (Å²) in [4.78, 5) is 2.18. The molecular weight excluding hydrogens is 250 g/mol. The number of aliphatic hydroxyl groups is 2. The largest absolute Gasteiger partial charge is 0.395 e. The van der Waals surface area contributed by atoms with E-state index < -0.39 is 6.10 Å². The van der Waals surface area contributed by atoms with E-state index in [1.165, 1.54) is 6.42 Å². The van der Waals surface area contributed by atoms with Gasteiger partial charge in [-0.25, -0.2) is 0 Å². The summed E-state index contributed by atoms with van der Waals surface area (Å²) in [5.74, 6) is 0. The van der Waals surface area contributed by atoms with E-state index in [2.05, 4.69) is 4.90 Å². The molecule has 1 atom stereocenters. The van der Waals surface area contributed by atoms with Crippen LogP contribution in [0.4, 0.5) is 5.69 Å². The summed E-state index contributed by atoms with van der Waals surface area (Å²) in [7, 11) is 0. The summed E-state index contributed by atoms with van der Waals surface area (Å²) in [6.45, 7) is 2.46. The molecule has 1 aromatic rings. The molecule has 0 unspecified atom stereocenters. The Bertz CT molecular complexity index is 405. The zero-order valence-electron chi connectivity index (χ0n) is 10.6. The van der Waals surface area contributed by atoms with E-state index in [1.807, 2.05) is 18.2 Å². The quantitative estimate of drug-likeness (QED) is 0.864. The highest BCUT2D eigenvalue weighted by Gasteiger charge is 2.26. The van der Waals surface area contributed by atoms with Gasteiger partial charge in [-0.15, -0.1) is 0 Å². The van der Waals surface area contributed by atoms with Crippen molar-refractivity contribution in [2.45, 2.75) is 38.3 Å². The van der Waals surface area contributed by atoms with Crippen LogP contribution in [0, 0.1) is 0 Å². The van der Waals surface area contributed by atoms with Crippen LogP contribution in [0.5, 0.6) is 0 Å². The molecule has 3 nitrogen and oxygen atoms in total. The Kier molecular flexibility index (Phi) is 4.49. The maximum atomic E-state index is 9.54. The third-order valence-corrected chi connectivity index (χ3v) is 3.92. The Morgan fingerprint density at radius 3 is 2.61 bits per heavy atom. The Balaban J connectivity index is 2.23. The van der Waals surface area contributed by atoms with Gasteiger partial charge in [0.2, 0.25) is 0 Å². The number of nitrogens with zero attached hydrogens (tertiary/aromatic N) is 1. The predicted octanol–water partition coefficient (Wildman–Crippen LogP) is 2.74. The minimum atomic E-state index is -0.508. The molecule has 1 fully saturated rings. The van der Waals surface area contributed by atoms with Crippen molar-refractivity contribution in [1.82, 2.24) is 0 Å². The second kappa shape index (κ2) is 5.91. The first-order valence-corrected chi connectivity index (χ1v) is 6.86. The van der Waals surface area contributed by atoms with E-state index >= 15 is 0 Å². The van der Waals surface area contributed by atoms with Crippen molar-refractivity contribution < 1.29 is 10.2 Å². The highest BCUT2D eigenvalue weighted by Crippen LogP contribution is 2.35. The first-order chi connectivity index (χ1) is 8.63. The molecule has 0 spiro atoms. The minimum Gasteiger partial charge on any atom is -0.395 e. The van der Waals surface area contributed by atoms with Gasteiger partial charge in [0.1, 0.15) is 0 Å². The van der Waals surface area contributed by atoms with Crippen LogP contribution in [0.1, 0.15) is 37.9 Å². The summed E-state index contributed by atoms with van der Waals surface area (Å²) in [5, 5.41) is 19.4. The molecule has 100 valence electrons. The Morgan fingerprint density at radius 1 is 1.44 bits per heavy atom. The molecule has 0 aliphatic heterocycles. The van der Waals surface area contributed by atoms with Crippen LogP contribution in [-0.4, -0.2) is 29.4 Å². The number of hydrogen-bond acceptors (Lipinski definition) is 3. The van der Waals surface area contributed by atoms with Gasteiger partial charge in [0.05, 0.1) is 23.4 Å². The molecule has 18 heavy (non-hydrogen) atoms. The normalized spacial score (nSPS) is 17.3. The monoisotopic (exact) mass is 269 g/mol. The molecule has 0 aromatic heterocycles. The molecule has 0 heterocycles. The average molecular weight is 270 g/mol. The SMILES string of the molecule is C[C@H](O)c1ccc(N(CCO)C2CCC2)c(Cl)c1. The summed E-state index contributed by atoms with van der Waals surface area (Å²) in [6, 6.07) is 6.14. The zero-order chi connectivity index (χ0) is 13.1. The number of halogens is 1. The molecule has 0 bridgehead atoms. The number of aliphatic hydroxyl groups excluding tert-OH is 2. The van der Waals surface area contributed by atoms with Crippen LogP contribution in [-0.2, 0) is 0 Å². The van der Waals surface area contributed by atoms with Crippen molar-refractivity contribution in [2.75, 3.05) is 18.1 Å². The van der Waals surface area contributed by atoms with Crippen LogP contribution >= 0.6 is 11.6 Å². The van der Waals surface area contributed by atoms with Crippen LogP contribution in [0.25, 0.3) is 0 Å². The van der Waals surface area contributed by atoms with Crippen molar-refractivity contribution in [3.05, 3.63) is 28.8 Å². The summed E-state index contributed by atoms with van der Waals surface area (Å²) in [6.07, 6.45) is 3.06. The van der Waals surface area contributed by atoms with Crippen LogP contribution in [0.2, 0.25) is 5.02 Å². The highest BCUT2D eigenvalue weighted by atomic mass is 35.5. The van der Waals surface area contributed by atoms with Gasteiger partial charge < -0.3 is 15.1 Å². The van der Waals surface area contributed by atoms with Crippen LogP contribution < -0.4 is 4.90 Å². The molecule has 1 aliphatic carbocycles. The molecule has 1 aromatic carbocycles. The lowest BCUT2D eigenvalue weighted by molar-refractivity contribution is 0.199. The highest BCUT2D eigenvalue weighted by molar-refractivity contribution is 6.33. The molecule has 2 rings (SSSR count). The van der Waals surface area contributed by atoms with E-state index in [4.69, 9.17) is 11.6 Å². The van der Waals surface area contributed by atoms with Gasteiger partial charge in [-0.1, -0.05) is 17.7 Å². The van der Waals surface area contributed by atoms with E-state index in [0.29, 0.717) is 17.6 Å². The van der Waals surface area contributed by atoms with E-state index in [0.717, 1.165) is 24.1 Å². The van der Waals surface area contributed by atoms with E-state index in [1.54, 1.807) is 6.92 Å². The van der Waals surface area contributed by atoms with Gasteiger partial charge in [0, 0.05) is 12.6 Å². The second-order valence-electron chi connectivity index (χ2n) is 4.89. The lowest BCUT2D eigenvalue weighted by Crippen LogP contribution is -2.42. The smallest absolute Gasteiger partial charge is 0.0762 e.